The molecular formula is C22H28N2O5S. The van der Waals surface area contributed by atoms with Crippen LogP contribution >= 0.6 is 0 Å². The van der Waals surface area contributed by atoms with Crippen molar-refractivity contribution in [3.05, 3.63) is 48.5 Å². The number of carbonyl (C=O) groups excluding carboxylic acids is 1. The number of rotatable bonds is 10. The molecular weight excluding hydrogens is 404 g/mol. The molecule has 0 bridgehead atoms. The minimum atomic E-state index is -3.65. The van der Waals surface area contributed by atoms with Gasteiger partial charge in [0.05, 0.1) is 11.5 Å². The Balaban J connectivity index is 1.48. The number of carbonyl (C=O) groups is 1. The van der Waals surface area contributed by atoms with Gasteiger partial charge >= 0.3 is 0 Å². The number of nitrogens with one attached hydrogen (secondary N) is 2. The Morgan fingerprint density at radius 2 is 1.50 bits per heavy atom. The first-order chi connectivity index (χ1) is 14.5. The van der Waals surface area contributed by atoms with Gasteiger partial charge in [-0.05, 0) is 68.3 Å². The first-order valence-corrected chi connectivity index (χ1v) is 11.7. The van der Waals surface area contributed by atoms with Crippen LogP contribution in [0.1, 0.15) is 32.6 Å². The van der Waals surface area contributed by atoms with Crippen LogP contribution in [0.15, 0.2) is 53.4 Å². The molecule has 162 valence electrons. The van der Waals surface area contributed by atoms with Crippen LogP contribution in [0.5, 0.6) is 17.2 Å². The highest BCUT2D eigenvalue weighted by Crippen LogP contribution is 2.25. The van der Waals surface area contributed by atoms with E-state index in [0.717, 1.165) is 31.4 Å². The maximum absolute atomic E-state index is 12.4. The monoisotopic (exact) mass is 432 g/mol. The molecule has 30 heavy (non-hydrogen) atoms. The second-order valence-electron chi connectivity index (χ2n) is 7.15. The smallest absolute Gasteiger partial charge is 0.240 e. The molecule has 1 amide bonds. The molecule has 1 aliphatic carbocycles. The highest BCUT2D eigenvalue weighted by molar-refractivity contribution is 7.89. The van der Waals surface area contributed by atoms with Gasteiger partial charge in [0.2, 0.25) is 15.9 Å². The molecule has 0 radical (unpaired) electrons. The standard InChI is InChI=1S/C22H28N2O5S/c1-2-28-18-7-9-19(10-8-18)29-20-11-13-21(14-12-20)30(26,27)24-16-15-23-22(25)17-5-3-4-6-17/h7-14,17,24H,2-6,15-16H2,1H3,(H,23,25). The van der Waals surface area contributed by atoms with Crippen molar-refractivity contribution in [3.63, 3.8) is 0 Å². The molecule has 0 unspecified atom stereocenters. The molecule has 1 saturated carbocycles. The lowest BCUT2D eigenvalue weighted by Crippen LogP contribution is -2.37. The molecule has 0 saturated heterocycles. The minimum absolute atomic E-state index is 0.0162. The molecule has 0 aromatic heterocycles. The lowest BCUT2D eigenvalue weighted by Gasteiger charge is -2.11. The summed E-state index contributed by atoms with van der Waals surface area (Å²) in [7, 11) is -3.65. The maximum atomic E-state index is 12.4. The molecule has 7 nitrogen and oxygen atoms in total. The Morgan fingerprint density at radius 1 is 0.933 bits per heavy atom. The number of ether oxygens (including phenoxy) is 2. The summed E-state index contributed by atoms with van der Waals surface area (Å²) in [4.78, 5) is 12.1. The van der Waals surface area contributed by atoms with E-state index >= 15 is 0 Å². The van der Waals surface area contributed by atoms with Gasteiger partial charge in [-0.3, -0.25) is 4.79 Å². The summed E-state index contributed by atoms with van der Waals surface area (Å²) in [5.74, 6) is 2.01. The number of hydrogen-bond acceptors (Lipinski definition) is 5. The van der Waals surface area contributed by atoms with Crippen molar-refractivity contribution in [2.45, 2.75) is 37.5 Å². The average molecular weight is 433 g/mol. The van der Waals surface area contributed by atoms with Crippen molar-refractivity contribution in [1.29, 1.82) is 0 Å². The van der Waals surface area contributed by atoms with Crippen molar-refractivity contribution < 1.29 is 22.7 Å². The van der Waals surface area contributed by atoms with E-state index < -0.39 is 10.0 Å². The lowest BCUT2D eigenvalue weighted by molar-refractivity contribution is -0.124. The molecule has 8 heteroatoms. The largest absolute Gasteiger partial charge is 0.494 e. The fourth-order valence-electron chi connectivity index (χ4n) is 3.38. The molecule has 0 heterocycles. The SMILES string of the molecule is CCOc1ccc(Oc2ccc(S(=O)(=O)NCCNC(=O)C3CCCC3)cc2)cc1. The van der Waals surface area contributed by atoms with Gasteiger partial charge in [-0.2, -0.15) is 0 Å². The molecule has 2 aromatic rings. The number of benzene rings is 2. The fraction of sp³-hybridized carbons (Fsp3) is 0.409. The summed E-state index contributed by atoms with van der Waals surface area (Å²) in [5, 5.41) is 2.80. The quantitative estimate of drug-likeness (QED) is 0.561. The molecule has 2 N–H and O–H groups in total. The topological polar surface area (TPSA) is 93.7 Å². The lowest BCUT2D eigenvalue weighted by atomic mass is 10.1. The number of sulfonamides is 1. The summed E-state index contributed by atoms with van der Waals surface area (Å²) in [5.41, 5.74) is 0. The van der Waals surface area contributed by atoms with E-state index in [1.165, 1.54) is 12.1 Å². The summed E-state index contributed by atoms with van der Waals surface area (Å²) in [6.07, 6.45) is 4.01. The van der Waals surface area contributed by atoms with Crippen LogP contribution in [-0.4, -0.2) is 34.0 Å². The first kappa shape index (κ1) is 22.1. The third-order valence-corrected chi connectivity index (χ3v) is 6.42. The van der Waals surface area contributed by atoms with Gasteiger partial charge in [0, 0.05) is 19.0 Å². The van der Waals surface area contributed by atoms with Crippen molar-refractivity contribution in [3.8, 4) is 17.2 Å². The van der Waals surface area contributed by atoms with Gasteiger partial charge in [0.1, 0.15) is 17.2 Å². The van der Waals surface area contributed by atoms with Gasteiger partial charge in [-0.15, -0.1) is 0 Å². The fourth-order valence-corrected chi connectivity index (χ4v) is 4.41. The van der Waals surface area contributed by atoms with E-state index in [-0.39, 0.29) is 29.8 Å². The van der Waals surface area contributed by atoms with Crippen molar-refractivity contribution >= 4 is 15.9 Å². The van der Waals surface area contributed by atoms with Crippen LogP contribution in [0.2, 0.25) is 0 Å². The van der Waals surface area contributed by atoms with E-state index in [0.29, 0.717) is 18.1 Å². The number of amides is 1. The van der Waals surface area contributed by atoms with Crippen LogP contribution in [0.3, 0.4) is 0 Å². The second kappa shape index (κ2) is 10.4. The van der Waals surface area contributed by atoms with Gasteiger partial charge < -0.3 is 14.8 Å². The molecule has 0 aliphatic heterocycles. The van der Waals surface area contributed by atoms with Crippen LogP contribution in [0, 0.1) is 5.92 Å². The predicted molar refractivity (Wildman–Crippen MR) is 114 cm³/mol. The summed E-state index contributed by atoms with van der Waals surface area (Å²) in [6.45, 7) is 2.93. The maximum Gasteiger partial charge on any atom is 0.240 e. The Bertz CT molecular complexity index is 921. The Labute approximate surface area is 177 Å². The average Bonchev–Trinajstić information content (AvgIpc) is 3.28. The Morgan fingerprint density at radius 3 is 2.10 bits per heavy atom. The van der Waals surface area contributed by atoms with E-state index in [9.17, 15) is 13.2 Å². The zero-order valence-electron chi connectivity index (χ0n) is 17.1. The van der Waals surface area contributed by atoms with Crippen molar-refractivity contribution in [2.24, 2.45) is 5.92 Å². The van der Waals surface area contributed by atoms with Crippen LogP contribution < -0.4 is 19.5 Å². The second-order valence-corrected chi connectivity index (χ2v) is 8.92. The third-order valence-electron chi connectivity index (χ3n) is 4.95. The van der Waals surface area contributed by atoms with Crippen molar-refractivity contribution in [1.82, 2.24) is 10.0 Å². The van der Waals surface area contributed by atoms with Gasteiger partial charge in [-0.1, -0.05) is 12.8 Å². The molecule has 0 atom stereocenters. The normalized spacial score (nSPS) is 14.4. The van der Waals surface area contributed by atoms with Crippen LogP contribution in [-0.2, 0) is 14.8 Å². The first-order valence-electron chi connectivity index (χ1n) is 10.3. The predicted octanol–water partition coefficient (Wildman–Crippen LogP) is 3.46. The summed E-state index contributed by atoms with van der Waals surface area (Å²) in [6, 6.07) is 13.4. The zero-order valence-corrected chi connectivity index (χ0v) is 17.9. The van der Waals surface area contributed by atoms with Crippen LogP contribution in [0.4, 0.5) is 0 Å². The Hall–Kier alpha value is -2.58. The molecule has 1 aliphatic rings. The highest BCUT2D eigenvalue weighted by Gasteiger charge is 2.22. The number of hydrogen-bond donors (Lipinski definition) is 2. The third kappa shape index (κ3) is 6.21. The summed E-state index contributed by atoms with van der Waals surface area (Å²) >= 11 is 0. The zero-order chi connectivity index (χ0) is 21.4. The molecule has 0 spiro atoms. The van der Waals surface area contributed by atoms with E-state index in [4.69, 9.17) is 9.47 Å². The van der Waals surface area contributed by atoms with Gasteiger partial charge in [-0.25, -0.2) is 13.1 Å². The van der Waals surface area contributed by atoms with Crippen molar-refractivity contribution in [2.75, 3.05) is 19.7 Å². The van der Waals surface area contributed by atoms with Gasteiger partial charge in [0.25, 0.3) is 0 Å². The molecule has 2 aromatic carbocycles. The minimum Gasteiger partial charge on any atom is -0.494 e. The van der Waals surface area contributed by atoms with E-state index in [1.807, 2.05) is 19.1 Å². The molecule has 1 fully saturated rings. The summed E-state index contributed by atoms with van der Waals surface area (Å²) < 4.78 is 38.5. The molecule has 3 rings (SSSR count). The van der Waals surface area contributed by atoms with Crippen LogP contribution in [0.25, 0.3) is 0 Å². The highest BCUT2D eigenvalue weighted by atomic mass is 32.2. The van der Waals surface area contributed by atoms with E-state index in [2.05, 4.69) is 10.0 Å². The van der Waals surface area contributed by atoms with E-state index in [1.54, 1.807) is 24.3 Å². The Kier molecular flexibility index (Phi) is 7.70. The van der Waals surface area contributed by atoms with Gasteiger partial charge in [0.15, 0.2) is 0 Å².